The van der Waals surface area contributed by atoms with Crippen LogP contribution in [-0.4, -0.2) is 21.1 Å². The average molecular weight is 342 g/mol. The van der Waals surface area contributed by atoms with Crippen molar-refractivity contribution in [2.75, 3.05) is 5.32 Å². The molecule has 0 saturated heterocycles. The monoisotopic (exact) mass is 342 g/mol. The second-order valence-electron chi connectivity index (χ2n) is 4.75. The molecule has 0 aliphatic carbocycles. The van der Waals surface area contributed by atoms with Crippen LogP contribution in [0.25, 0.3) is 10.2 Å². The molecule has 3 aromatic heterocycles. The molecule has 4 aromatic rings. The summed E-state index contributed by atoms with van der Waals surface area (Å²) in [5.74, 6) is 0.187. The number of fused-ring (bicyclic) bond motifs is 1. The maximum Gasteiger partial charge on any atom is 0.322 e. The minimum atomic E-state index is -0.286. The standard InChI is InChI=1S/C15H10N4O2S2/c20-14(9-3-4-11-12(6-9)23-8-16-11)17-15-19-18-13(21-15)7-10-2-1-5-22-10/h1-6,8H,7H2,(H,17,19,20). The van der Waals surface area contributed by atoms with E-state index in [-0.39, 0.29) is 11.9 Å². The third-order valence-corrected chi connectivity index (χ3v) is 4.85. The van der Waals surface area contributed by atoms with Gasteiger partial charge in [-0.1, -0.05) is 11.2 Å². The van der Waals surface area contributed by atoms with Crippen LogP contribution in [0.15, 0.2) is 45.6 Å². The third-order valence-electron chi connectivity index (χ3n) is 3.19. The highest BCUT2D eigenvalue weighted by Crippen LogP contribution is 2.20. The summed E-state index contributed by atoms with van der Waals surface area (Å²) in [5, 5.41) is 12.4. The molecule has 0 spiro atoms. The van der Waals surface area contributed by atoms with Gasteiger partial charge in [-0.15, -0.1) is 27.8 Å². The lowest BCUT2D eigenvalue weighted by Crippen LogP contribution is -2.11. The first-order chi connectivity index (χ1) is 11.3. The van der Waals surface area contributed by atoms with E-state index >= 15 is 0 Å². The van der Waals surface area contributed by atoms with Crippen LogP contribution < -0.4 is 5.32 Å². The van der Waals surface area contributed by atoms with Gasteiger partial charge >= 0.3 is 6.01 Å². The molecule has 0 unspecified atom stereocenters. The second-order valence-corrected chi connectivity index (χ2v) is 6.66. The van der Waals surface area contributed by atoms with E-state index in [9.17, 15) is 4.79 Å². The van der Waals surface area contributed by atoms with E-state index in [0.717, 1.165) is 15.1 Å². The molecule has 6 nitrogen and oxygen atoms in total. The van der Waals surface area contributed by atoms with Gasteiger partial charge in [0.25, 0.3) is 5.91 Å². The van der Waals surface area contributed by atoms with Crippen molar-refractivity contribution in [1.82, 2.24) is 15.2 Å². The predicted octanol–water partition coefficient (Wildman–Crippen LogP) is 3.58. The number of rotatable bonds is 4. The molecule has 0 radical (unpaired) electrons. The first kappa shape index (κ1) is 14.0. The number of anilines is 1. The molecule has 23 heavy (non-hydrogen) atoms. The van der Waals surface area contributed by atoms with Crippen LogP contribution in [0.1, 0.15) is 21.1 Å². The number of benzene rings is 1. The van der Waals surface area contributed by atoms with Crippen LogP contribution in [0.2, 0.25) is 0 Å². The number of thiazole rings is 1. The van der Waals surface area contributed by atoms with Gasteiger partial charge in [-0.05, 0) is 29.6 Å². The average Bonchev–Trinajstić information content (AvgIpc) is 3.28. The normalized spacial score (nSPS) is 11.0. The van der Waals surface area contributed by atoms with Crippen molar-refractivity contribution in [2.45, 2.75) is 6.42 Å². The van der Waals surface area contributed by atoms with E-state index in [0.29, 0.717) is 17.9 Å². The fourth-order valence-electron chi connectivity index (χ4n) is 2.10. The van der Waals surface area contributed by atoms with Crippen LogP contribution in [0, 0.1) is 0 Å². The smallest absolute Gasteiger partial charge is 0.322 e. The number of nitrogens with zero attached hydrogens (tertiary/aromatic N) is 3. The van der Waals surface area contributed by atoms with Gasteiger partial charge in [0.15, 0.2) is 0 Å². The van der Waals surface area contributed by atoms with Crippen LogP contribution >= 0.6 is 22.7 Å². The van der Waals surface area contributed by atoms with Crippen molar-refractivity contribution in [1.29, 1.82) is 0 Å². The molecular weight excluding hydrogens is 332 g/mol. The van der Waals surface area contributed by atoms with Crippen molar-refractivity contribution in [2.24, 2.45) is 0 Å². The van der Waals surface area contributed by atoms with Crippen LogP contribution in [0.4, 0.5) is 6.01 Å². The topological polar surface area (TPSA) is 80.9 Å². The van der Waals surface area contributed by atoms with Gasteiger partial charge in [-0.2, -0.15) is 0 Å². The Kier molecular flexibility index (Phi) is 3.60. The molecular formula is C15H10N4O2S2. The number of amides is 1. The fraction of sp³-hybridized carbons (Fsp3) is 0.0667. The summed E-state index contributed by atoms with van der Waals surface area (Å²) in [6.45, 7) is 0. The van der Waals surface area contributed by atoms with Gasteiger partial charge in [0.2, 0.25) is 5.89 Å². The predicted molar refractivity (Wildman–Crippen MR) is 89.0 cm³/mol. The minimum absolute atomic E-state index is 0.103. The van der Waals surface area contributed by atoms with Gasteiger partial charge < -0.3 is 4.42 Å². The first-order valence-corrected chi connectivity index (χ1v) is 8.53. The molecule has 3 heterocycles. The third kappa shape index (κ3) is 2.99. The van der Waals surface area contributed by atoms with E-state index in [1.165, 1.54) is 11.3 Å². The number of carbonyl (C=O) groups is 1. The molecule has 1 N–H and O–H groups in total. The SMILES string of the molecule is O=C(Nc1nnc(Cc2cccs2)o1)c1ccc2ncsc2c1. The molecule has 114 valence electrons. The molecule has 8 heteroatoms. The molecule has 1 amide bonds. The van der Waals surface area contributed by atoms with Gasteiger partial charge in [0.05, 0.1) is 22.1 Å². The zero-order chi connectivity index (χ0) is 15.6. The lowest BCUT2D eigenvalue weighted by molar-refractivity contribution is 0.102. The first-order valence-electron chi connectivity index (χ1n) is 6.77. The number of aromatic nitrogens is 3. The number of hydrogen-bond acceptors (Lipinski definition) is 7. The van der Waals surface area contributed by atoms with Crippen molar-refractivity contribution in [3.63, 3.8) is 0 Å². The minimum Gasteiger partial charge on any atom is -0.407 e. The van der Waals surface area contributed by atoms with E-state index in [1.54, 1.807) is 29.0 Å². The second kappa shape index (κ2) is 5.90. The van der Waals surface area contributed by atoms with Crippen LogP contribution in [0.3, 0.4) is 0 Å². The zero-order valence-electron chi connectivity index (χ0n) is 11.7. The zero-order valence-corrected chi connectivity index (χ0v) is 13.4. The van der Waals surface area contributed by atoms with E-state index in [2.05, 4.69) is 20.5 Å². The summed E-state index contributed by atoms with van der Waals surface area (Å²) >= 11 is 3.11. The summed E-state index contributed by atoms with van der Waals surface area (Å²) in [5.41, 5.74) is 3.16. The highest BCUT2D eigenvalue weighted by Gasteiger charge is 2.13. The van der Waals surface area contributed by atoms with Crippen LogP contribution in [-0.2, 0) is 6.42 Å². The Morgan fingerprint density at radius 3 is 3.04 bits per heavy atom. The lowest BCUT2D eigenvalue weighted by atomic mass is 10.2. The maximum absolute atomic E-state index is 12.3. The van der Waals surface area contributed by atoms with Crippen LogP contribution in [0.5, 0.6) is 0 Å². The van der Waals surface area contributed by atoms with Gasteiger partial charge in [-0.25, -0.2) is 4.98 Å². The highest BCUT2D eigenvalue weighted by atomic mass is 32.1. The number of hydrogen-bond donors (Lipinski definition) is 1. The highest BCUT2D eigenvalue weighted by molar-refractivity contribution is 7.16. The van der Waals surface area contributed by atoms with Crippen molar-refractivity contribution in [3.8, 4) is 0 Å². The van der Waals surface area contributed by atoms with Crippen molar-refractivity contribution >= 4 is 44.8 Å². The Hall–Kier alpha value is -2.58. The summed E-state index contributed by atoms with van der Waals surface area (Å²) < 4.78 is 6.42. The maximum atomic E-state index is 12.3. The molecule has 4 rings (SSSR count). The molecule has 0 saturated carbocycles. The summed E-state index contributed by atoms with van der Waals surface area (Å²) in [4.78, 5) is 17.6. The van der Waals surface area contributed by atoms with Gasteiger partial charge in [0, 0.05) is 10.4 Å². The largest absolute Gasteiger partial charge is 0.407 e. The number of thiophene rings is 1. The Morgan fingerprint density at radius 2 is 2.17 bits per heavy atom. The Bertz CT molecular complexity index is 959. The van der Waals surface area contributed by atoms with Gasteiger partial charge in [0.1, 0.15) is 0 Å². The summed E-state index contributed by atoms with van der Waals surface area (Å²) in [7, 11) is 0. The molecule has 0 aliphatic heterocycles. The molecule has 0 aliphatic rings. The van der Waals surface area contributed by atoms with Gasteiger partial charge in [-0.3, -0.25) is 10.1 Å². The molecule has 0 fully saturated rings. The number of carbonyl (C=O) groups excluding carboxylic acids is 1. The van der Waals surface area contributed by atoms with Crippen molar-refractivity contribution < 1.29 is 9.21 Å². The number of nitrogens with one attached hydrogen (secondary N) is 1. The fourth-order valence-corrected chi connectivity index (χ4v) is 3.52. The Balaban J connectivity index is 1.48. The summed E-state index contributed by atoms with van der Waals surface area (Å²) in [6, 6.07) is 9.40. The van der Waals surface area contributed by atoms with Crippen molar-refractivity contribution in [3.05, 3.63) is 57.6 Å². The Morgan fingerprint density at radius 1 is 1.22 bits per heavy atom. The molecule has 0 bridgehead atoms. The van der Waals surface area contributed by atoms with E-state index in [4.69, 9.17) is 4.42 Å². The van der Waals surface area contributed by atoms with E-state index < -0.39 is 0 Å². The quantitative estimate of drug-likeness (QED) is 0.613. The summed E-state index contributed by atoms with van der Waals surface area (Å²) in [6.07, 6.45) is 0.563. The molecule has 0 atom stereocenters. The van der Waals surface area contributed by atoms with E-state index in [1.807, 2.05) is 23.6 Å². The molecule has 1 aromatic carbocycles. The Labute approximate surface area is 138 Å². The lowest BCUT2D eigenvalue weighted by Gasteiger charge is -2.00.